The van der Waals surface area contributed by atoms with E-state index in [4.69, 9.17) is 4.42 Å². The van der Waals surface area contributed by atoms with E-state index in [0.29, 0.717) is 12.3 Å². The molecule has 0 spiro atoms. The normalized spacial score (nSPS) is 12.2. The summed E-state index contributed by atoms with van der Waals surface area (Å²) in [7, 11) is 0. The lowest BCUT2D eigenvalue weighted by atomic mass is 10.1. The fraction of sp³-hybridized carbons (Fsp3) is 0.316. The number of furan rings is 1. The number of carbonyl (C=O) groups excluding carboxylic acids is 1. The van der Waals surface area contributed by atoms with Gasteiger partial charge in [-0.3, -0.25) is 0 Å². The number of benzene rings is 1. The number of urea groups is 1. The number of rotatable bonds is 7. The standard InChI is InChI=1S/C19H23N3O3/c1-2-13-5-3-6-15-14(11-21-18(13)15)8-9-20-19(24)22-12-16(23)17-7-4-10-25-17/h3-7,10-11,16,21,23H,2,8-9,12H2,1H3,(H2,20,22,24). The first-order valence-electron chi connectivity index (χ1n) is 8.50. The van der Waals surface area contributed by atoms with Gasteiger partial charge in [0.15, 0.2) is 0 Å². The van der Waals surface area contributed by atoms with Gasteiger partial charge < -0.3 is 25.1 Å². The molecule has 0 aliphatic heterocycles. The third kappa shape index (κ3) is 4.03. The molecular formula is C19H23N3O3. The highest BCUT2D eigenvalue weighted by atomic mass is 16.4. The summed E-state index contributed by atoms with van der Waals surface area (Å²) in [5, 5.41) is 16.5. The molecule has 0 fully saturated rings. The number of aromatic nitrogens is 1. The maximum Gasteiger partial charge on any atom is 0.314 e. The third-order valence-electron chi connectivity index (χ3n) is 4.28. The van der Waals surface area contributed by atoms with Crippen LogP contribution in [0.15, 0.2) is 47.2 Å². The van der Waals surface area contributed by atoms with Crippen LogP contribution >= 0.6 is 0 Å². The van der Waals surface area contributed by atoms with E-state index in [1.54, 1.807) is 12.1 Å². The van der Waals surface area contributed by atoms with Crippen LogP contribution in [0.3, 0.4) is 0 Å². The molecule has 1 unspecified atom stereocenters. The van der Waals surface area contributed by atoms with Crippen molar-refractivity contribution in [2.45, 2.75) is 25.9 Å². The maximum absolute atomic E-state index is 11.8. The predicted molar refractivity (Wildman–Crippen MR) is 96.4 cm³/mol. The number of H-pyrrole nitrogens is 1. The molecule has 6 nitrogen and oxygen atoms in total. The van der Waals surface area contributed by atoms with Crippen LogP contribution in [0.2, 0.25) is 0 Å². The topological polar surface area (TPSA) is 90.3 Å². The molecule has 2 aromatic heterocycles. The zero-order chi connectivity index (χ0) is 17.6. The SMILES string of the molecule is CCc1cccc2c(CCNC(=O)NCC(O)c3ccco3)c[nH]c12. The summed E-state index contributed by atoms with van der Waals surface area (Å²) in [4.78, 5) is 15.2. The van der Waals surface area contributed by atoms with Crippen molar-refractivity contribution in [1.29, 1.82) is 0 Å². The number of fused-ring (bicyclic) bond motifs is 1. The van der Waals surface area contributed by atoms with Crippen molar-refractivity contribution in [3.8, 4) is 0 Å². The molecule has 1 atom stereocenters. The molecule has 132 valence electrons. The van der Waals surface area contributed by atoms with Crippen LogP contribution < -0.4 is 10.6 Å². The summed E-state index contributed by atoms with van der Waals surface area (Å²) in [6, 6.07) is 9.35. The second-order valence-corrected chi connectivity index (χ2v) is 5.93. The Kier molecular flexibility index (Phi) is 5.40. The van der Waals surface area contributed by atoms with E-state index < -0.39 is 6.10 Å². The van der Waals surface area contributed by atoms with Gasteiger partial charge in [0.05, 0.1) is 12.8 Å². The molecule has 0 saturated heterocycles. The molecule has 2 heterocycles. The van der Waals surface area contributed by atoms with Crippen molar-refractivity contribution in [3.05, 3.63) is 59.7 Å². The highest BCUT2D eigenvalue weighted by molar-refractivity contribution is 5.86. The Labute approximate surface area is 146 Å². The van der Waals surface area contributed by atoms with Crippen LogP contribution in [0.25, 0.3) is 10.9 Å². The smallest absolute Gasteiger partial charge is 0.314 e. The highest BCUT2D eigenvalue weighted by Crippen LogP contribution is 2.22. The number of aromatic amines is 1. The molecule has 3 rings (SSSR count). The van der Waals surface area contributed by atoms with Crippen molar-refractivity contribution in [3.63, 3.8) is 0 Å². The zero-order valence-electron chi connectivity index (χ0n) is 14.2. The lowest BCUT2D eigenvalue weighted by molar-refractivity contribution is 0.148. The average molecular weight is 341 g/mol. The summed E-state index contributed by atoms with van der Waals surface area (Å²) in [6.45, 7) is 2.76. The van der Waals surface area contributed by atoms with E-state index in [1.807, 2.05) is 6.20 Å². The Balaban J connectivity index is 1.47. The number of para-hydroxylation sites is 1. The number of carbonyl (C=O) groups is 1. The van der Waals surface area contributed by atoms with Crippen molar-refractivity contribution in [2.75, 3.05) is 13.1 Å². The van der Waals surface area contributed by atoms with Gasteiger partial charge >= 0.3 is 6.03 Å². The van der Waals surface area contributed by atoms with Crippen molar-refractivity contribution >= 4 is 16.9 Å². The second kappa shape index (κ2) is 7.90. The molecule has 0 saturated carbocycles. The summed E-state index contributed by atoms with van der Waals surface area (Å²) in [5.74, 6) is 0.436. The van der Waals surface area contributed by atoms with E-state index in [9.17, 15) is 9.90 Å². The minimum absolute atomic E-state index is 0.103. The molecule has 2 amide bonds. The van der Waals surface area contributed by atoms with Crippen LogP contribution in [0.5, 0.6) is 0 Å². The van der Waals surface area contributed by atoms with Gasteiger partial charge in [-0.25, -0.2) is 4.79 Å². The lowest BCUT2D eigenvalue weighted by Crippen LogP contribution is -2.38. The molecule has 0 aliphatic carbocycles. The number of aryl methyl sites for hydroxylation is 1. The largest absolute Gasteiger partial charge is 0.467 e. The van der Waals surface area contributed by atoms with Gasteiger partial charge in [0.1, 0.15) is 11.9 Å². The highest BCUT2D eigenvalue weighted by Gasteiger charge is 2.12. The first-order valence-corrected chi connectivity index (χ1v) is 8.50. The fourth-order valence-corrected chi connectivity index (χ4v) is 2.92. The number of hydrogen-bond acceptors (Lipinski definition) is 3. The van der Waals surface area contributed by atoms with E-state index in [0.717, 1.165) is 12.8 Å². The molecule has 3 aromatic rings. The van der Waals surface area contributed by atoms with Gasteiger partial charge in [-0.15, -0.1) is 0 Å². The molecule has 0 radical (unpaired) electrons. The van der Waals surface area contributed by atoms with Crippen LogP contribution in [-0.4, -0.2) is 29.2 Å². The molecule has 1 aromatic carbocycles. The van der Waals surface area contributed by atoms with Gasteiger partial charge in [-0.05, 0) is 36.1 Å². The number of aliphatic hydroxyl groups is 1. The number of hydrogen-bond donors (Lipinski definition) is 4. The minimum Gasteiger partial charge on any atom is -0.467 e. The third-order valence-corrected chi connectivity index (χ3v) is 4.28. The maximum atomic E-state index is 11.8. The number of amides is 2. The zero-order valence-corrected chi connectivity index (χ0v) is 14.2. The Hall–Kier alpha value is -2.73. The summed E-state index contributed by atoms with van der Waals surface area (Å²) < 4.78 is 5.09. The van der Waals surface area contributed by atoms with E-state index in [1.165, 1.54) is 28.3 Å². The van der Waals surface area contributed by atoms with E-state index >= 15 is 0 Å². The molecule has 0 aliphatic rings. The summed E-state index contributed by atoms with van der Waals surface area (Å²) in [5.41, 5.74) is 3.65. The quantitative estimate of drug-likeness (QED) is 0.533. The lowest BCUT2D eigenvalue weighted by Gasteiger charge is -2.10. The minimum atomic E-state index is -0.846. The van der Waals surface area contributed by atoms with Crippen LogP contribution in [0, 0.1) is 0 Å². The van der Waals surface area contributed by atoms with Gasteiger partial charge in [0.2, 0.25) is 0 Å². The monoisotopic (exact) mass is 341 g/mol. The van der Waals surface area contributed by atoms with Gasteiger partial charge in [0.25, 0.3) is 0 Å². The van der Waals surface area contributed by atoms with Crippen LogP contribution in [-0.2, 0) is 12.8 Å². The molecule has 25 heavy (non-hydrogen) atoms. The second-order valence-electron chi connectivity index (χ2n) is 5.93. The van der Waals surface area contributed by atoms with E-state index in [-0.39, 0.29) is 12.6 Å². The Morgan fingerprint density at radius 1 is 1.24 bits per heavy atom. The predicted octanol–water partition coefficient (Wildman–Crippen LogP) is 2.90. The summed E-state index contributed by atoms with van der Waals surface area (Å²) in [6.07, 6.45) is 4.37. The average Bonchev–Trinajstić information content (AvgIpc) is 3.29. The van der Waals surface area contributed by atoms with Crippen LogP contribution in [0.1, 0.15) is 29.9 Å². The summed E-state index contributed by atoms with van der Waals surface area (Å²) >= 11 is 0. The van der Waals surface area contributed by atoms with Gasteiger partial charge in [-0.2, -0.15) is 0 Å². The number of nitrogens with one attached hydrogen (secondary N) is 3. The first kappa shape index (κ1) is 17.1. The Morgan fingerprint density at radius 2 is 2.12 bits per heavy atom. The van der Waals surface area contributed by atoms with Gasteiger partial charge in [-0.1, -0.05) is 25.1 Å². The molecule has 6 heteroatoms. The van der Waals surface area contributed by atoms with Crippen molar-refractivity contribution < 1.29 is 14.3 Å². The van der Waals surface area contributed by atoms with Crippen LogP contribution in [0.4, 0.5) is 4.79 Å². The molecule has 0 bridgehead atoms. The number of aliphatic hydroxyl groups excluding tert-OH is 1. The Bertz CT molecular complexity index is 824. The van der Waals surface area contributed by atoms with E-state index in [2.05, 4.69) is 40.7 Å². The van der Waals surface area contributed by atoms with Gasteiger partial charge in [0, 0.05) is 23.6 Å². The first-order chi connectivity index (χ1) is 12.2. The van der Waals surface area contributed by atoms with Crippen molar-refractivity contribution in [2.24, 2.45) is 0 Å². The van der Waals surface area contributed by atoms with Crippen molar-refractivity contribution in [1.82, 2.24) is 15.6 Å². The Morgan fingerprint density at radius 3 is 2.88 bits per heavy atom. The molecule has 4 N–H and O–H groups in total. The fourth-order valence-electron chi connectivity index (χ4n) is 2.92. The molecular weight excluding hydrogens is 318 g/mol.